The number of hydrogen-bond acceptors (Lipinski definition) is 6. The van der Waals surface area contributed by atoms with E-state index >= 15 is 0 Å². The molecule has 0 aliphatic heterocycles. The van der Waals surface area contributed by atoms with Gasteiger partial charge in [-0.3, -0.25) is 24.1 Å². The average Bonchev–Trinajstić information content (AvgIpc) is 2.96. The van der Waals surface area contributed by atoms with Gasteiger partial charge in [-0.2, -0.15) is 13.2 Å². The van der Waals surface area contributed by atoms with E-state index < -0.39 is 30.6 Å². The molecular formula is C29H28F3N3O7. The zero-order valence-corrected chi connectivity index (χ0v) is 22.1. The van der Waals surface area contributed by atoms with Crippen LogP contribution in [0.25, 0.3) is 0 Å². The summed E-state index contributed by atoms with van der Waals surface area (Å²) < 4.78 is 31.7. The molecule has 13 heteroatoms. The molecule has 0 spiro atoms. The number of aliphatic carboxylic acids is 2. The minimum Gasteiger partial charge on any atom is -0.480 e. The summed E-state index contributed by atoms with van der Waals surface area (Å²) in [5.41, 5.74) is 14.7. The number of amides is 2. The van der Waals surface area contributed by atoms with Crippen LogP contribution in [0.3, 0.4) is 0 Å². The lowest BCUT2D eigenvalue weighted by Crippen LogP contribution is -2.35. The molecule has 0 fully saturated rings. The van der Waals surface area contributed by atoms with Crippen molar-refractivity contribution in [1.82, 2.24) is 0 Å². The number of carboxylic acids is 2. The van der Waals surface area contributed by atoms with E-state index in [1.807, 2.05) is 12.1 Å². The van der Waals surface area contributed by atoms with Gasteiger partial charge in [0.15, 0.2) is 5.78 Å². The smallest absolute Gasteiger partial charge is 0.480 e. The molecule has 3 aromatic carbocycles. The summed E-state index contributed by atoms with van der Waals surface area (Å²) in [5.74, 6) is -4.46. The third-order valence-corrected chi connectivity index (χ3v) is 5.80. The number of para-hydroxylation sites is 1. The van der Waals surface area contributed by atoms with Crippen LogP contribution in [0.2, 0.25) is 0 Å². The van der Waals surface area contributed by atoms with Crippen LogP contribution in [-0.2, 0) is 22.6 Å². The highest BCUT2D eigenvalue weighted by Crippen LogP contribution is 2.22. The Morgan fingerprint density at radius 3 is 2.05 bits per heavy atom. The second kappa shape index (κ2) is 15.1. The highest BCUT2D eigenvalue weighted by molar-refractivity contribution is 6.08. The third kappa shape index (κ3) is 9.86. The molecule has 6 N–H and O–H groups in total. The number of nitrogens with two attached hydrogens (primary N) is 2. The summed E-state index contributed by atoms with van der Waals surface area (Å²) in [4.78, 5) is 56.1. The topological polar surface area (TPSA) is 181 Å². The van der Waals surface area contributed by atoms with Gasteiger partial charge in [0.2, 0.25) is 5.91 Å². The molecular weight excluding hydrogens is 559 g/mol. The molecule has 10 nitrogen and oxygen atoms in total. The lowest BCUT2D eigenvalue weighted by atomic mass is 9.89. The largest absolute Gasteiger partial charge is 0.490 e. The summed E-state index contributed by atoms with van der Waals surface area (Å²) in [6, 6.07) is 20.7. The molecule has 2 amide bonds. The van der Waals surface area contributed by atoms with Gasteiger partial charge in [0.25, 0.3) is 5.91 Å². The SMILES string of the molecule is NC(=O)c1ccc2c(c1)CCCC2=O.NCc1cccc(C(=O)N(CC(=O)O)c2ccccc2)c1.O=C(O)C(F)(F)F. The number of carboxylic acid groups (broad SMARTS) is 2. The van der Waals surface area contributed by atoms with Crippen LogP contribution >= 0.6 is 0 Å². The third-order valence-electron chi connectivity index (χ3n) is 5.80. The fourth-order valence-electron chi connectivity index (χ4n) is 3.81. The maximum Gasteiger partial charge on any atom is 0.490 e. The lowest BCUT2D eigenvalue weighted by molar-refractivity contribution is -0.192. The lowest BCUT2D eigenvalue weighted by Gasteiger charge is -2.21. The number of carbonyl (C=O) groups is 5. The molecule has 0 heterocycles. The van der Waals surface area contributed by atoms with Gasteiger partial charge in [0.05, 0.1) is 0 Å². The predicted molar refractivity (Wildman–Crippen MR) is 146 cm³/mol. The number of rotatable bonds is 6. The Labute approximate surface area is 238 Å². The highest BCUT2D eigenvalue weighted by Gasteiger charge is 2.38. The summed E-state index contributed by atoms with van der Waals surface area (Å²) in [6.07, 6.45) is -2.74. The minimum atomic E-state index is -5.08. The van der Waals surface area contributed by atoms with Crippen molar-refractivity contribution in [1.29, 1.82) is 0 Å². The van der Waals surface area contributed by atoms with Crippen molar-refractivity contribution >= 4 is 35.2 Å². The molecule has 0 atom stereocenters. The number of aryl methyl sites for hydroxylation is 1. The summed E-state index contributed by atoms with van der Waals surface area (Å²) in [5, 5.41) is 16.2. The molecule has 42 heavy (non-hydrogen) atoms. The van der Waals surface area contributed by atoms with Crippen molar-refractivity contribution in [2.24, 2.45) is 11.5 Å². The first-order valence-electron chi connectivity index (χ1n) is 12.4. The number of anilines is 1. The van der Waals surface area contributed by atoms with Crippen LogP contribution < -0.4 is 16.4 Å². The number of fused-ring (bicyclic) bond motifs is 1. The molecule has 0 aromatic heterocycles. The molecule has 0 saturated carbocycles. The number of halogens is 3. The van der Waals surface area contributed by atoms with Gasteiger partial charge in [0, 0.05) is 35.3 Å². The molecule has 0 bridgehead atoms. The fourth-order valence-corrected chi connectivity index (χ4v) is 3.81. The maximum atomic E-state index is 12.6. The van der Waals surface area contributed by atoms with Gasteiger partial charge >= 0.3 is 18.1 Å². The Morgan fingerprint density at radius 2 is 1.50 bits per heavy atom. The quantitative estimate of drug-likeness (QED) is 0.336. The Morgan fingerprint density at radius 1 is 0.857 bits per heavy atom. The Hall–Kier alpha value is -5.04. The fraction of sp³-hybridized carbons (Fsp3) is 0.207. The van der Waals surface area contributed by atoms with Crippen molar-refractivity contribution < 1.29 is 47.4 Å². The first kappa shape index (κ1) is 33.2. The Bertz CT molecular complexity index is 1440. The van der Waals surface area contributed by atoms with E-state index in [2.05, 4.69) is 0 Å². The zero-order valence-electron chi connectivity index (χ0n) is 22.1. The van der Waals surface area contributed by atoms with E-state index in [0.717, 1.165) is 29.5 Å². The summed E-state index contributed by atoms with van der Waals surface area (Å²) >= 11 is 0. The summed E-state index contributed by atoms with van der Waals surface area (Å²) in [7, 11) is 0. The van der Waals surface area contributed by atoms with Crippen LogP contribution in [0.5, 0.6) is 0 Å². The van der Waals surface area contributed by atoms with E-state index in [4.69, 9.17) is 26.5 Å². The van der Waals surface area contributed by atoms with Crippen molar-refractivity contribution in [3.63, 3.8) is 0 Å². The van der Waals surface area contributed by atoms with E-state index in [-0.39, 0.29) is 11.7 Å². The van der Waals surface area contributed by atoms with Gasteiger partial charge in [-0.05, 0) is 60.4 Å². The van der Waals surface area contributed by atoms with E-state index in [9.17, 15) is 32.3 Å². The summed E-state index contributed by atoms with van der Waals surface area (Å²) in [6.45, 7) is -0.0684. The van der Waals surface area contributed by atoms with Crippen LogP contribution in [0.15, 0.2) is 72.8 Å². The number of Topliss-reactive ketones (excluding diaryl/α,β-unsaturated/α-hetero) is 1. The predicted octanol–water partition coefficient (Wildman–Crippen LogP) is 3.81. The first-order chi connectivity index (χ1) is 19.7. The van der Waals surface area contributed by atoms with Gasteiger partial charge in [-0.25, -0.2) is 4.79 Å². The van der Waals surface area contributed by atoms with Gasteiger partial charge in [-0.1, -0.05) is 36.4 Å². The minimum absolute atomic E-state index is 0.169. The monoisotopic (exact) mass is 587 g/mol. The number of carbonyl (C=O) groups excluding carboxylic acids is 3. The molecule has 222 valence electrons. The average molecular weight is 588 g/mol. The maximum absolute atomic E-state index is 12.6. The zero-order chi connectivity index (χ0) is 31.4. The highest BCUT2D eigenvalue weighted by atomic mass is 19.4. The van der Waals surface area contributed by atoms with Gasteiger partial charge in [0.1, 0.15) is 6.54 Å². The molecule has 4 rings (SSSR count). The molecule has 1 aliphatic rings. The molecule has 3 aromatic rings. The Balaban J connectivity index is 0.000000252. The standard InChI is InChI=1S/C16H16N2O3.C11H11NO2.C2HF3O2/c17-10-12-5-4-6-13(9-12)16(21)18(11-15(19)20)14-7-2-1-3-8-14;12-11(14)8-4-5-9-7(6-8)2-1-3-10(9)13;3-2(4,5)1(6)7/h1-9H,10-11,17H2,(H,19,20);4-6H,1-3H2,(H2,12,14);(H,6,7). The van der Waals surface area contributed by atoms with Crippen molar-refractivity contribution in [2.45, 2.75) is 32.0 Å². The molecule has 0 radical (unpaired) electrons. The van der Waals surface area contributed by atoms with Gasteiger partial charge in [-0.15, -0.1) is 0 Å². The number of ketones is 1. The first-order valence-corrected chi connectivity index (χ1v) is 12.4. The van der Waals surface area contributed by atoms with E-state index in [0.29, 0.717) is 29.8 Å². The van der Waals surface area contributed by atoms with Crippen molar-refractivity contribution in [3.05, 3.63) is 101 Å². The number of benzene rings is 3. The number of hydrogen-bond donors (Lipinski definition) is 4. The van der Waals surface area contributed by atoms with Crippen LogP contribution in [-0.4, -0.2) is 52.5 Å². The van der Waals surface area contributed by atoms with Crippen LogP contribution in [0.1, 0.15) is 55.0 Å². The number of nitrogens with zero attached hydrogens (tertiary/aromatic N) is 1. The second-order valence-electron chi connectivity index (χ2n) is 8.84. The van der Waals surface area contributed by atoms with Crippen molar-refractivity contribution in [3.8, 4) is 0 Å². The van der Waals surface area contributed by atoms with Crippen molar-refractivity contribution in [2.75, 3.05) is 11.4 Å². The van der Waals surface area contributed by atoms with Crippen LogP contribution in [0.4, 0.5) is 18.9 Å². The molecule has 0 unspecified atom stereocenters. The number of alkyl halides is 3. The van der Waals surface area contributed by atoms with Gasteiger partial charge < -0.3 is 21.7 Å². The second-order valence-corrected chi connectivity index (χ2v) is 8.84. The van der Waals surface area contributed by atoms with Crippen LogP contribution in [0, 0.1) is 0 Å². The molecule has 1 aliphatic carbocycles. The Kier molecular flexibility index (Phi) is 11.9. The van der Waals surface area contributed by atoms with E-state index in [1.165, 1.54) is 4.90 Å². The molecule has 0 saturated heterocycles. The normalized spacial score (nSPS) is 12.0. The number of primary amides is 1. The van der Waals surface area contributed by atoms with E-state index in [1.54, 1.807) is 60.7 Å².